The predicted molar refractivity (Wildman–Crippen MR) is 49.6 cm³/mol. The van der Waals surface area contributed by atoms with Crippen molar-refractivity contribution in [2.45, 2.75) is 39.5 Å². The molecule has 0 aromatic rings. The van der Waals surface area contributed by atoms with E-state index in [9.17, 15) is 0 Å². The van der Waals surface area contributed by atoms with E-state index in [0.29, 0.717) is 0 Å². The molecule has 0 amide bonds. The summed E-state index contributed by atoms with van der Waals surface area (Å²) in [4.78, 5) is 2.37. The lowest BCUT2D eigenvalue weighted by Crippen LogP contribution is -2.02. The van der Waals surface area contributed by atoms with Gasteiger partial charge in [0.25, 0.3) is 0 Å². The van der Waals surface area contributed by atoms with Crippen LogP contribution in [0.15, 0.2) is 9.37 Å². The van der Waals surface area contributed by atoms with Crippen LogP contribution in [0.3, 0.4) is 0 Å². The zero-order chi connectivity index (χ0) is 8.10. The van der Waals surface area contributed by atoms with Gasteiger partial charge in [0.05, 0.1) is 0 Å². The van der Waals surface area contributed by atoms with Crippen LogP contribution in [-0.4, -0.2) is 21.1 Å². The normalized spacial score (nSPS) is 15.1. The molecule has 1 nitrogen and oxygen atoms in total. The number of rotatable bonds is 6. The van der Waals surface area contributed by atoms with Crippen molar-refractivity contribution in [3.63, 3.8) is 0 Å². The fourth-order valence-corrected chi connectivity index (χ4v) is 3.14. The molecule has 1 aliphatic heterocycles. The van der Waals surface area contributed by atoms with Crippen LogP contribution >= 0.6 is 0 Å². The first-order valence-corrected chi connectivity index (χ1v) is 6.42. The molecule has 0 fully saturated rings. The second-order valence-corrected chi connectivity index (χ2v) is 5.32. The molecule has 0 atom stereocenters. The van der Waals surface area contributed by atoms with Gasteiger partial charge in [-0.2, -0.15) is 0 Å². The van der Waals surface area contributed by atoms with Gasteiger partial charge in [0.1, 0.15) is 0 Å². The highest BCUT2D eigenvalue weighted by Gasteiger charge is 2.34. The third-order valence-electron chi connectivity index (χ3n) is 2.04. The largest absolute Gasteiger partial charge is 0.528 e. The molecule has 0 spiro atoms. The van der Waals surface area contributed by atoms with E-state index in [2.05, 4.69) is 18.8 Å². The van der Waals surface area contributed by atoms with Gasteiger partial charge < -0.3 is 3.79 Å². The van der Waals surface area contributed by atoms with E-state index in [1.165, 1.54) is 25.7 Å². The maximum absolute atomic E-state index is 5.54. The van der Waals surface area contributed by atoms with Crippen LogP contribution in [0.2, 0.25) is 0 Å². The number of hydrogen-bond acceptors (Lipinski definition) is 1. The molecule has 1 rings (SSSR count). The fourth-order valence-electron chi connectivity index (χ4n) is 1.29. The van der Waals surface area contributed by atoms with Crippen LogP contribution < -0.4 is 0 Å². The molecule has 62 valence electrons. The Morgan fingerprint density at radius 1 is 1.36 bits per heavy atom. The average Bonchev–Trinajstić information content (AvgIpc) is 2.70. The summed E-state index contributed by atoms with van der Waals surface area (Å²) in [6.45, 7) is 5.24. The van der Waals surface area contributed by atoms with Gasteiger partial charge >= 0.3 is 14.5 Å². The Kier molecular flexibility index (Phi) is 4.22. The van der Waals surface area contributed by atoms with Crippen molar-refractivity contribution >= 4 is 14.5 Å². The van der Waals surface area contributed by atoms with Crippen LogP contribution in [-0.2, 0) is 3.79 Å². The first kappa shape index (κ1) is 9.32. The fraction of sp³-hybridized carbons (Fsp3) is 0.778. The molecule has 0 aliphatic carbocycles. The molecule has 0 saturated heterocycles. The van der Waals surface area contributed by atoms with Crippen molar-refractivity contribution in [2.75, 3.05) is 6.61 Å². The Labute approximate surface area is 74.2 Å². The van der Waals surface area contributed by atoms with Gasteiger partial charge in [-0.3, -0.25) is 0 Å². The molecule has 1 aliphatic rings. The number of allylic oxidation sites excluding steroid dienone is 1. The first-order valence-electron chi connectivity index (χ1n) is 4.70. The Balaban J connectivity index is 1.91. The summed E-state index contributed by atoms with van der Waals surface area (Å²) < 4.78 is 7.21. The minimum Gasteiger partial charge on any atom is -0.495 e. The summed E-state index contributed by atoms with van der Waals surface area (Å²) >= 11 is -0.786. The predicted octanol–water partition coefficient (Wildman–Crippen LogP) is 2.61. The summed E-state index contributed by atoms with van der Waals surface area (Å²) in [5.74, 6) is 0. The SMILES string of the molecule is CCCCC[C]1=[CH][Al]1[O]CC. The lowest BCUT2D eigenvalue weighted by molar-refractivity contribution is 0.359. The van der Waals surface area contributed by atoms with E-state index in [1.54, 1.807) is 4.44 Å². The van der Waals surface area contributed by atoms with E-state index in [0.717, 1.165) is 6.61 Å². The standard InChI is InChI=1S/C7H12.C2H5O.Al/c1-3-5-7-6-4-2;1-2-3;/h1H,4-7H2,2H3;2H2,1H3;/q;-1;+1. The van der Waals surface area contributed by atoms with Crippen molar-refractivity contribution < 1.29 is 3.79 Å². The molecule has 0 aromatic heterocycles. The van der Waals surface area contributed by atoms with Crippen molar-refractivity contribution in [2.24, 2.45) is 0 Å². The third-order valence-corrected chi connectivity index (χ3v) is 4.26. The Hall–Kier alpha value is 0.232. The second-order valence-electron chi connectivity index (χ2n) is 3.07. The molecule has 0 aromatic carbocycles. The molecule has 0 saturated carbocycles. The first-order chi connectivity index (χ1) is 5.38. The summed E-state index contributed by atoms with van der Waals surface area (Å²) in [6.07, 6.45) is 5.41. The Bertz CT molecular complexity index is 142. The highest BCUT2D eigenvalue weighted by Crippen LogP contribution is 2.25. The summed E-state index contributed by atoms with van der Waals surface area (Å²) in [5.41, 5.74) is 0. The van der Waals surface area contributed by atoms with Crippen molar-refractivity contribution in [1.82, 2.24) is 0 Å². The highest BCUT2D eigenvalue weighted by molar-refractivity contribution is 6.77. The van der Waals surface area contributed by atoms with E-state index in [1.807, 2.05) is 0 Å². The minimum absolute atomic E-state index is 0.786. The maximum Gasteiger partial charge on any atom is 0.528 e. The summed E-state index contributed by atoms with van der Waals surface area (Å²) in [7, 11) is 0. The maximum atomic E-state index is 5.54. The molecule has 1 heterocycles. The van der Waals surface area contributed by atoms with Crippen LogP contribution in [0.5, 0.6) is 0 Å². The van der Waals surface area contributed by atoms with Gasteiger partial charge in [0, 0.05) is 6.61 Å². The molecule has 0 radical (unpaired) electrons. The molecule has 0 N–H and O–H groups in total. The van der Waals surface area contributed by atoms with E-state index >= 15 is 0 Å². The van der Waals surface area contributed by atoms with Crippen molar-refractivity contribution in [1.29, 1.82) is 0 Å². The van der Waals surface area contributed by atoms with Crippen LogP contribution in [0.4, 0.5) is 0 Å². The topological polar surface area (TPSA) is 9.23 Å². The lowest BCUT2D eigenvalue weighted by atomic mass is 10.2. The minimum atomic E-state index is -0.786. The van der Waals surface area contributed by atoms with Gasteiger partial charge in [0.15, 0.2) is 0 Å². The molecular formula is C9H17AlO. The van der Waals surface area contributed by atoms with Crippen LogP contribution in [0.25, 0.3) is 0 Å². The summed E-state index contributed by atoms with van der Waals surface area (Å²) in [6, 6.07) is 0. The van der Waals surface area contributed by atoms with Gasteiger partial charge in [0.2, 0.25) is 0 Å². The summed E-state index contributed by atoms with van der Waals surface area (Å²) in [5, 5.41) is 0. The average molecular weight is 168 g/mol. The van der Waals surface area contributed by atoms with Crippen LogP contribution in [0.1, 0.15) is 39.5 Å². The van der Waals surface area contributed by atoms with E-state index < -0.39 is 14.5 Å². The van der Waals surface area contributed by atoms with Gasteiger partial charge in [-0.25, -0.2) is 0 Å². The van der Waals surface area contributed by atoms with Gasteiger partial charge in [-0.05, 0) is 13.3 Å². The molecule has 0 unspecified atom stereocenters. The van der Waals surface area contributed by atoms with Crippen molar-refractivity contribution in [3.8, 4) is 0 Å². The highest BCUT2D eigenvalue weighted by atomic mass is 27.2. The quantitative estimate of drug-likeness (QED) is 0.437. The molecule has 2 heteroatoms. The van der Waals surface area contributed by atoms with Crippen molar-refractivity contribution in [3.05, 3.63) is 9.37 Å². The number of unbranched alkanes of at least 4 members (excludes halogenated alkanes) is 2. The zero-order valence-electron chi connectivity index (χ0n) is 7.60. The number of hydrogen-bond donors (Lipinski definition) is 0. The second kappa shape index (κ2) is 4.98. The van der Waals surface area contributed by atoms with Gasteiger partial charge in [-0.15, -0.1) is 9.37 Å². The molecule has 11 heavy (non-hydrogen) atoms. The Morgan fingerprint density at radius 3 is 2.82 bits per heavy atom. The zero-order valence-corrected chi connectivity index (χ0v) is 8.75. The smallest absolute Gasteiger partial charge is 0.495 e. The van der Waals surface area contributed by atoms with E-state index in [4.69, 9.17) is 3.79 Å². The third kappa shape index (κ3) is 3.42. The Morgan fingerprint density at radius 2 is 2.18 bits per heavy atom. The molecular weight excluding hydrogens is 151 g/mol. The van der Waals surface area contributed by atoms with Crippen LogP contribution in [0, 0.1) is 0 Å². The molecule has 0 bridgehead atoms. The lowest BCUT2D eigenvalue weighted by Gasteiger charge is -1.96. The van der Waals surface area contributed by atoms with Gasteiger partial charge in [-0.1, -0.05) is 26.2 Å². The van der Waals surface area contributed by atoms with E-state index in [-0.39, 0.29) is 0 Å². The monoisotopic (exact) mass is 168 g/mol.